The highest BCUT2D eigenvalue weighted by molar-refractivity contribution is 7.25. The minimum absolute atomic E-state index is 0.138. The van der Waals surface area contributed by atoms with E-state index in [1.807, 2.05) is 0 Å². The molecule has 0 radical (unpaired) electrons. The van der Waals surface area contributed by atoms with E-state index in [4.69, 9.17) is 22.2 Å². The molecule has 0 N–H and O–H groups in total. The van der Waals surface area contributed by atoms with E-state index in [1.54, 1.807) is 0 Å². The van der Waals surface area contributed by atoms with E-state index in [0.717, 1.165) is 0 Å². The van der Waals surface area contributed by atoms with Crippen LogP contribution in [0.5, 0.6) is 0 Å². The lowest BCUT2D eigenvalue weighted by atomic mass is 10.1. The van der Waals surface area contributed by atoms with Gasteiger partial charge in [0.05, 0.1) is 0 Å². The van der Waals surface area contributed by atoms with Gasteiger partial charge in [-0.15, -0.1) is 22.2 Å². The van der Waals surface area contributed by atoms with Crippen LogP contribution < -0.4 is 0 Å². The van der Waals surface area contributed by atoms with Crippen molar-refractivity contribution < 1.29 is 0 Å². The fourth-order valence-electron chi connectivity index (χ4n) is 1.68. The smallest absolute Gasteiger partial charge is 0.282 e. The molecule has 1 fully saturated rings. The van der Waals surface area contributed by atoms with Gasteiger partial charge in [0.1, 0.15) is 0 Å². The predicted octanol–water partition coefficient (Wildman–Crippen LogP) is 2.11. The van der Waals surface area contributed by atoms with Crippen LogP contribution in [0.25, 0.3) is 0 Å². The molecule has 1 heterocycles. The van der Waals surface area contributed by atoms with Crippen LogP contribution >= 0.6 is 22.2 Å². The van der Waals surface area contributed by atoms with Gasteiger partial charge in [-0.1, -0.05) is 0 Å². The molecule has 1 aliphatic rings. The molecule has 0 aromatic carbocycles. The van der Waals surface area contributed by atoms with Crippen LogP contribution in [-0.4, -0.2) is 36.4 Å². The minimum atomic E-state index is -1.44. The summed E-state index contributed by atoms with van der Waals surface area (Å²) in [5.74, 6) is 0. The minimum Gasteiger partial charge on any atom is -0.298 e. The Bertz CT molecular complexity index is 192. The first-order valence-electron chi connectivity index (χ1n) is 4.92. The first kappa shape index (κ1) is 13.0. The second-order valence-corrected chi connectivity index (χ2v) is 12.8. The molecule has 0 amide bonds. The highest BCUT2D eigenvalue weighted by Crippen LogP contribution is 2.37. The zero-order chi connectivity index (χ0) is 11.3. The molecule has 0 saturated carbocycles. The standard InChI is InChI=1S/C8H20Cl2N2Si2/c1-7(2,3)11-13(9)12(14(11)10)8(4,5)6/h13-14H,1-6H3. The summed E-state index contributed by atoms with van der Waals surface area (Å²) in [5, 5.41) is 0. The third kappa shape index (κ3) is 2.20. The monoisotopic (exact) mass is 270 g/mol. The molecule has 0 atom stereocenters. The van der Waals surface area contributed by atoms with Crippen LogP contribution in [0.3, 0.4) is 0 Å². The molecule has 0 aromatic rings. The van der Waals surface area contributed by atoms with E-state index in [0.29, 0.717) is 0 Å². The summed E-state index contributed by atoms with van der Waals surface area (Å²) in [5.41, 5.74) is 0.276. The van der Waals surface area contributed by atoms with E-state index in [2.05, 4.69) is 50.0 Å². The van der Waals surface area contributed by atoms with Crippen LogP contribution in [0.4, 0.5) is 0 Å². The van der Waals surface area contributed by atoms with Crippen molar-refractivity contribution in [3.63, 3.8) is 0 Å². The van der Waals surface area contributed by atoms with Crippen molar-refractivity contribution in [1.82, 2.24) is 8.46 Å². The molecule has 1 rings (SSSR count). The van der Waals surface area contributed by atoms with Crippen LogP contribution in [0.15, 0.2) is 0 Å². The summed E-state index contributed by atoms with van der Waals surface area (Å²) >= 11 is 13.0. The van der Waals surface area contributed by atoms with Crippen LogP contribution in [0, 0.1) is 0 Å². The molecule has 1 aliphatic heterocycles. The van der Waals surface area contributed by atoms with Crippen molar-refractivity contribution in [3.8, 4) is 0 Å². The van der Waals surface area contributed by atoms with E-state index >= 15 is 0 Å². The molecule has 14 heavy (non-hydrogen) atoms. The van der Waals surface area contributed by atoms with Crippen molar-refractivity contribution in [2.45, 2.75) is 52.6 Å². The molecule has 6 heteroatoms. The second-order valence-electron chi connectivity index (χ2n) is 5.78. The highest BCUT2D eigenvalue weighted by atomic mass is 35.6. The van der Waals surface area contributed by atoms with E-state index in [1.165, 1.54) is 0 Å². The first-order valence-corrected chi connectivity index (χ1v) is 10.5. The number of hydrogen-bond acceptors (Lipinski definition) is 2. The molecular formula is C8H20Cl2N2Si2. The van der Waals surface area contributed by atoms with Crippen LogP contribution in [-0.2, 0) is 0 Å². The maximum absolute atomic E-state index is 6.49. The van der Waals surface area contributed by atoms with E-state index < -0.39 is 16.9 Å². The fourth-order valence-corrected chi connectivity index (χ4v) is 15.5. The van der Waals surface area contributed by atoms with Crippen molar-refractivity contribution in [3.05, 3.63) is 0 Å². The topological polar surface area (TPSA) is 6.48 Å². The van der Waals surface area contributed by atoms with Crippen LogP contribution in [0.2, 0.25) is 0 Å². The second kappa shape index (κ2) is 3.75. The summed E-state index contributed by atoms with van der Waals surface area (Å²) in [4.78, 5) is 0. The summed E-state index contributed by atoms with van der Waals surface area (Å²) in [6, 6.07) is 0. The lowest BCUT2D eigenvalue weighted by Crippen LogP contribution is -2.81. The Kier molecular flexibility index (Phi) is 3.48. The van der Waals surface area contributed by atoms with Crippen molar-refractivity contribution in [2.24, 2.45) is 0 Å². The van der Waals surface area contributed by atoms with Gasteiger partial charge in [-0.2, -0.15) is 0 Å². The van der Waals surface area contributed by atoms with Gasteiger partial charge >= 0.3 is 0 Å². The Morgan fingerprint density at radius 2 is 0.929 bits per heavy atom. The summed E-state index contributed by atoms with van der Waals surface area (Å²) in [7, 11) is -2.88. The lowest BCUT2D eigenvalue weighted by Gasteiger charge is -2.60. The zero-order valence-corrected chi connectivity index (χ0v) is 13.6. The van der Waals surface area contributed by atoms with E-state index in [9.17, 15) is 0 Å². The Morgan fingerprint density at radius 1 is 0.714 bits per heavy atom. The molecule has 0 spiro atoms. The van der Waals surface area contributed by atoms with Gasteiger partial charge in [0.2, 0.25) is 0 Å². The summed E-state index contributed by atoms with van der Waals surface area (Å²) < 4.78 is 4.75. The molecule has 2 nitrogen and oxygen atoms in total. The highest BCUT2D eigenvalue weighted by Gasteiger charge is 2.55. The van der Waals surface area contributed by atoms with Crippen molar-refractivity contribution in [1.29, 1.82) is 0 Å². The normalized spacial score (nSPS) is 31.7. The molecular weight excluding hydrogens is 251 g/mol. The lowest BCUT2D eigenvalue weighted by molar-refractivity contribution is 0.238. The van der Waals surface area contributed by atoms with Gasteiger partial charge in [-0.3, -0.25) is 8.46 Å². The average molecular weight is 271 g/mol. The van der Waals surface area contributed by atoms with Gasteiger partial charge in [-0.05, 0) is 41.5 Å². The largest absolute Gasteiger partial charge is 0.298 e. The Hall–Kier alpha value is 0.934. The maximum atomic E-state index is 6.49. The molecule has 0 bridgehead atoms. The fraction of sp³-hybridized carbons (Fsp3) is 1.00. The third-order valence-electron chi connectivity index (χ3n) is 2.47. The number of nitrogens with zero attached hydrogens (tertiary/aromatic N) is 2. The van der Waals surface area contributed by atoms with Crippen LogP contribution in [0.1, 0.15) is 41.5 Å². The summed E-state index contributed by atoms with van der Waals surface area (Å²) in [6.45, 7) is 13.2. The van der Waals surface area contributed by atoms with Crippen molar-refractivity contribution in [2.75, 3.05) is 0 Å². The number of rotatable bonds is 0. The molecule has 84 valence electrons. The Morgan fingerprint density at radius 3 is 1.07 bits per heavy atom. The Labute approximate surface area is 100 Å². The quantitative estimate of drug-likeness (QED) is 0.492. The third-order valence-corrected chi connectivity index (χ3v) is 15.6. The van der Waals surface area contributed by atoms with Crippen molar-refractivity contribution >= 4 is 39.0 Å². The first-order chi connectivity index (χ1) is 6.07. The molecule has 1 saturated heterocycles. The molecule has 0 aliphatic carbocycles. The van der Waals surface area contributed by atoms with Gasteiger partial charge in [0, 0.05) is 11.1 Å². The van der Waals surface area contributed by atoms with Gasteiger partial charge in [0.15, 0.2) is 0 Å². The van der Waals surface area contributed by atoms with Gasteiger partial charge in [-0.25, -0.2) is 0 Å². The van der Waals surface area contributed by atoms with Gasteiger partial charge < -0.3 is 0 Å². The average Bonchev–Trinajstić information content (AvgIpc) is 1.78. The SMILES string of the molecule is CC(C)(C)N1[SiH](Cl)N(C(C)(C)C)[SiH]1Cl. The predicted molar refractivity (Wildman–Crippen MR) is 69.2 cm³/mol. The summed E-state index contributed by atoms with van der Waals surface area (Å²) in [6.07, 6.45) is 0. The molecule has 0 aromatic heterocycles. The zero-order valence-electron chi connectivity index (χ0n) is 9.81. The van der Waals surface area contributed by atoms with Gasteiger partial charge in [0.25, 0.3) is 16.9 Å². The van der Waals surface area contributed by atoms with E-state index in [-0.39, 0.29) is 11.1 Å². The maximum Gasteiger partial charge on any atom is 0.282 e. The Balaban J connectivity index is 2.76. The molecule has 0 unspecified atom stereocenters. The number of hydrogen-bond donors (Lipinski definition) is 0. The number of halogens is 2.